The summed E-state index contributed by atoms with van der Waals surface area (Å²) in [5, 5.41) is 14.7. The predicted molar refractivity (Wildman–Crippen MR) is 101 cm³/mol. The van der Waals surface area contributed by atoms with Gasteiger partial charge in [-0.05, 0) is 24.3 Å². The molecule has 0 bridgehead atoms. The van der Waals surface area contributed by atoms with E-state index in [4.69, 9.17) is 11.6 Å². The zero-order valence-electron chi connectivity index (χ0n) is 13.6. The number of halogens is 4. The van der Waals surface area contributed by atoms with Crippen LogP contribution in [-0.2, 0) is 6.18 Å². The van der Waals surface area contributed by atoms with Gasteiger partial charge in [0.2, 0.25) is 0 Å². The molecule has 3 aromatic rings. The molecule has 2 aromatic carbocycles. The molecule has 0 saturated carbocycles. The summed E-state index contributed by atoms with van der Waals surface area (Å²) < 4.78 is 39.2. The van der Waals surface area contributed by atoms with Crippen LogP contribution in [0.4, 0.5) is 18.9 Å². The number of benzene rings is 2. The fourth-order valence-electron chi connectivity index (χ4n) is 2.30. The van der Waals surface area contributed by atoms with Crippen LogP contribution < -0.4 is 5.32 Å². The molecule has 0 atom stereocenters. The van der Waals surface area contributed by atoms with Crippen LogP contribution in [0.5, 0.6) is 0 Å². The van der Waals surface area contributed by atoms with Crippen molar-refractivity contribution in [3.63, 3.8) is 0 Å². The third-order valence-corrected chi connectivity index (χ3v) is 4.73. The number of hydrogen-bond donors (Lipinski definition) is 1. The lowest BCUT2D eigenvalue weighted by molar-refractivity contribution is -0.136. The molecule has 1 heterocycles. The SMILES string of the molecule is N#CC(=CNc1ccccc1C(F)(F)F)c1nc(-c2ccc(Cl)cc2)cs1. The van der Waals surface area contributed by atoms with Crippen LogP contribution in [0.3, 0.4) is 0 Å². The number of allylic oxidation sites excluding steroid dienone is 1. The summed E-state index contributed by atoms with van der Waals surface area (Å²) in [6.45, 7) is 0. The van der Waals surface area contributed by atoms with Crippen molar-refractivity contribution in [2.45, 2.75) is 6.18 Å². The van der Waals surface area contributed by atoms with Gasteiger partial charge in [-0.15, -0.1) is 11.3 Å². The van der Waals surface area contributed by atoms with Crippen LogP contribution >= 0.6 is 22.9 Å². The second kappa shape index (κ2) is 7.82. The average molecular weight is 406 g/mol. The quantitative estimate of drug-likeness (QED) is 0.507. The number of para-hydroxylation sites is 1. The zero-order valence-corrected chi connectivity index (χ0v) is 15.2. The van der Waals surface area contributed by atoms with Gasteiger partial charge >= 0.3 is 6.18 Å². The highest BCUT2D eigenvalue weighted by molar-refractivity contribution is 7.11. The van der Waals surface area contributed by atoms with E-state index in [1.54, 1.807) is 29.6 Å². The number of nitrogens with zero attached hydrogens (tertiary/aromatic N) is 2. The Bertz CT molecular complexity index is 1020. The predicted octanol–water partition coefficient (Wildman–Crippen LogP) is 6.46. The minimum Gasteiger partial charge on any atom is -0.360 e. The van der Waals surface area contributed by atoms with E-state index in [1.165, 1.54) is 35.7 Å². The van der Waals surface area contributed by atoms with Crippen molar-refractivity contribution in [3.8, 4) is 17.3 Å². The van der Waals surface area contributed by atoms with E-state index in [0.717, 1.165) is 11.6 Å². The number of aromatic nitrogens is 1. The van der Waals surface area contributed by atoms with Crippen molar-refractivity contribution >= 4 is 34.2 Å². The lowest BCUT2D eigenvalue weighted by atomic mass is 10.1. The van der Waals surface area contributed by atoms with Crippen LogP contribution in [0.25, 0.3) is 16.8 Å². The fourth-order valence-corrected chi connectivity index (χ4v) is 3.22. The Morgan fingerprint density at radius 3 is 2.52 bits per heavy atom. The summed E-state index contributed by atoms with van der Waals surface area (Å²) in [5.41, 5.74) is 0.682. The van der Waals surface area contributed by atoms with Crippen LogP contribution in [0, 0.1) is 11.3 Å². The summed E-state index contributed by atoms with van der Waals surface area (Å²) in [6.07, 6.45) is -3.26. The van der Waals surface area contributed by atoms with Crippen LogP contribution in [0.15, 0.2) is 60.1 Å². The Morgan fingerprint density at radius 1 is 1.15 bits per heavy atom. The van der Waals surface area contributed by atoms with Gasteiger partial charge in [-0.2, -0.15) is 18.4 Å². The number of anilines is 1. The average Bonchev–Trinajstić information content (AvgIpc) is 3.12. The second-order valence-electron chi connectivity index (χ2n) is 5.40. The molecule has 8 heteroatoms. The maximum atomic E-state index is 13.1. The highest BCUT2D eigenvalue weighted by Gasteiger charge is 2.33. The number of alkyl halides is 3. The first-order chi connectivity index (χ1) is 12.9. The Hall–Kier alpha value is -2.82. The largest absolute Gasteiger partial charge is 0.418 e. The number of nitrogens with one attached hydrogen (secondary N) is 1. The van der Waals surface area contributed by atoms with Crippen molar-refractivity contribution in [3.05, 3.63) is 75.7 Å². The molecular formula is C19H11ClF3N3S. The van der Waals surface area contributed by atoms with Crippen molar-refractivity contribution in [1.29, 1.82) is 5.26 Å². The van der Waals surface area contributed by atoms with Gasteiger partial charge in [0.15, 0.2) is 0 Å². The number of nitriles is 1. The van der Waals surface area contributed by atoms with E-state index < -0.39 is 11.7 Å². The minimum atomic E-state index is -4.49. The molecule has 0 amide bonds. The van der Waals surface area contributed by atoms with Gasteiger partial charge < -0.3 is 5.32 Å². The second-order valence-corrected chi connectivity index (χ2v) is 6.70. The fraction of sp³-hybridized carbons (Fsp3) is 0.0526. The Balaban J connectivity index is 1.87. The normalized spacial score (nSPS) is 11.9. The molecule has 0 aliphatic carbocycles. The molecule has 0 spiro atoms. The molecule has 0 saturated heterocycles. The molecule has 27 heavy (non-hydrogen) atoms. The smallest absolute Gasteiger partial charge is 0.360 e. The molecule has 0 aliphatic heterocycles. The summed E-state index contributed by atoms with van der Waals surface area (Å²) in [7, 11) is 0. The van der Waals surface area contributed by atoms with E-state index in [9.17, 15) is 18.4 Å². The molecule has 3 rings (SSSR count). The maximum Gasteiger partial charge on any atom is 0.418 e. The van der Waals surface area contributed by atoms with Gasteiger partial charge in [0.25, 0.3) is 0 Å². The Kier molecular flexibility index (Phi) is 5.49. The summed E-state index contributed by atoms with van der Waals surface area (Å²) in [6, 6.07) is 14.1. The lowest BCUT2D eigenvalue weighted by Gasteiger charge is -2.12. The van der Waals surface area contributed by atoms with Crippen LogP contribution in [0.1, 0.15) is 10.6 Å². The Labute approximate surface area is 162 Å². The third kappa shape index (κ3) is 4.48. The van der Waals surface area contributed by atoms with Crippen molar-refractivity contribution < 1.29 is 13.2 Å². The first-order valence-corrected chi connectivity index (χ1v) is 8.89. The molecule has 1 aromatic heterocycles. The maximum absolute atomic E-state index is 13.1. The van der Waals surface area contributed by atoms with Gasteiger partial charge in [0, 0.05) is 22.2 Å². The number of hydrogen-bond acceptors (Lipinski definition) is 4. The molecule has 3 nitrogen and oxygen atoms in total. The Morgan fingerprint density at radius 2 is 1.85 bits per heavy atom. The molecule has 0 radical (unpaired) electrons. The van der Waals surface area contributed by atoms with E-state index in [-0.39, 0.29) is 11.3 Å². The van der Waals surface area contributed by atoms with Gasteiger partial charge in [-0.1, -0.05) is 35.9 Å². The number of thiazole rings is 1. The summed E-state index contributed by atoms with van der Waals surface area (Å²) >= 11 is 7.09. The van der Waals surface area contributed by atoms with Crippen LogP contribution in [0.2, 0.25) is 5.02 Å². The van der Waals surface area contributed by atoms with Gasteiger partial charge in [0.1, 0.15) is 16.6 Å². The van der Waals surface area contributed by atoms with E-state index >= 15 is 0 Å². The van der Waals surface area contributed by atoms with E-state index in [0.29, 0.717) is 15.7 Å². The minimum absolute atomic E-state index is 0.132. The molecule has 0 fully saturated rings. The van der Waals surface area contributed by atoms with Gasteiger partial charge in [-0.3, -0.25) is 0 Å². The van der Waals surface area contributed by atoms with Crippen molar-refractivity contribution in [2.75, 3.05) is 5.32 Å². The highest BCUT2D eigenvalue weighted by Crippen LogP contribution is 2.35. The monoisotopic (exact) mass is 405 g/mol. The van der Waals surface area contributed by atoms with Gasteiger partial charge in [0.05, 0.1) is 16.9 Å². The van der Waals surface area contributed by atoms with Crippen molar-refractivity contribution in [1.82, 2.24) is 4.98 Å². The van der Waals surface area contributed by atoms with E-state index in [2.05, 4.69) is 10.3 Å². The molecule has 0 aliphatic rings. The first kappa shape index (κ1) is 19.0. The summed E-state index contributed by atoms with van der Waals surface area (Å²) in [4.78, 5) is 4.39. The molecule has 0 unspecified atom stereocenters. The van der Waals surface area contributed by atoms with E-state index in [1.807, 2.05) is 6.07 Å². The van der Waals surface area contributed by atoms with Crippen molar-refractivity contribution in [2.24, 2.45) is 0 Å². The molecule has 136 valence electrons. The van der Waals surface area contributed by atoms with Crippen LogP contribution in [-0.4, -0.2) is 4.98 Å². The highest BCUT2D eigenvalue weighted by atomic mass is 35.5. The third-order valence-electron chi connectivity index (χ3n) is 3.60. The number of rotatable bonds is 4. The molecular weight excluding hydrogens is 395 g/mol. The molecule has 1 N–H and O–H groups in total. The lowest BCUT2D eigenvalue weighted by Crippen LogP contribution is -2.08. The zero-order chi connectivity index (χ0) is 19.4. The summed E-state index contributed by atoms with van der Waals surface area (Å²) in [5.74, 6) is 0. The first-order valence-electron chi connectivity index (χ1n) is 7.63. The van der Waals surface area contributed by atoms with Gasteiger partial charge in [-0.25, -0.2) is 4.98 Å². The topological polar surface area (TPSA) is 48.7 Å². The standard InChI is InChI=1S/C19H11ClF3N3S/c20-14-7-5-12(6-8-14)17-11-27-18(26-17)13(9-24)10-25-16-4-2-1-3-15(16)19(21,22)23/h1-8,10-11,25H.